The van der Waals surface area contributed by atoms with E-state index in [0.717, 1.165) is 6.42 Å². The van der Waals surface area contributed by atoms with E-state index in [2.05, 4.69) is 60.8 Å². The van der Waals surface area contributed by atoms with Crippen LogP contribution in [-0.4, -0.2) is 19.4 Å². The van der Waals surface area contributed by atoms with E-state index in [1.165, 1.54) is 21.6 Å². The molecule has 2 aliphatic rings. The van der Waals surface area contributed by atoms with E-state index >= 15 is 0 Å². The molecule has 2 atom stereocenters. The molecule has 0 radical (unpaired) electrons. The zero-order valence-electron chi connectivity index (χ0n) is 11.4. The molecule has 3 rings (SSSR count). The lowest BCUT2D eigenvalue weighted by atomic mass is 9.92. The molecule has 0 bridgehead atoms. The fourth-order valence-corrected chi connectivity index (χ4v) is 2.76. The summed E-state index contributed by atoms with van der Waals surface area (Å²) < 4.78 is 6.16. The summed E-state index contributed by atoms with van der Waals surface area (Å²) in [5, 5.41) is 5.82. The molecule has 19 heavy (non-hydrogen) atoms. The SMILES string of the molecule is CNC1CC=c2cccc/c2=C2\C(C)=CC=CC2O1. The Morgan fingerprint density at radius 3 is 2.95 bits per heavy atom. The van der Waals surface area contributed by atoms with Crippen molar-refractivity contribution in [2.45, 2.75) is 25.7 Å². The van der Waals surface area contributed by atoms with Gasteiger partial charge in [0.1, 0.15) is 12.3 Å². The van der Waals surface area contributed by atoms with Crippen LogP contribution in [0.15, 0.2) is 48.1 Å². The van der Waals surface area contributed by atoms with Gasteiger partial charge < -0.3 is 4.74 Å². The van der Waals surface area contributed by atoms with Crippen molar-refractivity contribution in [1.82, 2.24) is 5.32 Å². The van der Waals surface area contributed by atoms with Crippen molar-refractivity contribution < 1.29 is 4.74 Å². The average molecular weight is 253 g/mol. The highest BCUT2D eigenvalue weighted by Gasteiger charge is 2.21. The molecule has 0 spiro atoms. The Balaban J connectivity index is 2.29. The first-order chi connectivity index (χ1) is 9.29. The standard InChI is InChI=1S/C17H19NO/c1-12-6-5-9-15-17(12)14-8-4-3-7-13(14)10-11-16(18-2)19-15/h3-10,15-16,18H,11H2,1-2H3/b13-10?,17-14-. The van der Waals surface area contributed by atoms with Gasteiger partial charge in [0.25, 0.3) is 0 Å². The molecular weight excluding hydrogens is 234 g/mol. The van der Waals surface area contributed by atoms with Gasteiger partial charge in [-0.1, -0.05) is 48.6 Å². The molecule has 2 unspecified atom stereocenters. The van der Waals surface area contributed by atoms with Crippen molar-refractivity contribution >= 4 is 11.6 Å². The first-order valence-electron chi connectivity index (χ1n) is 6.77. The third kappa shape index (κ3) is 2.29. The van der Waals surface area contributed by atoms with Gasteiger partial charge in [0.2, 0.25) is 0 Å². The van der Waals surface area contributed by atoms with Crippen LogP contribution in [0.2, 0.25) is 0 Å². The Labute approximate surface area is 113 Å². The Hall–Kier alpha value is -1.64. The van der Waals surface area contributed by atoms with E-state index in [1.54, 1.807) is 0 Å². The number of hydrogen-bond donors (Lipinski definition) is 1. The second-order valence-electron chi connectivity index (χ2n) is 5.01. The second kappa shape index (κ2) is 5.16. The lowest BCUT2D eigenvalue weighted by molar-refractivity contribution is 0.0270. The predicted molar refractivity (Wildman–Crippen MR) is 78.8 cm³/mol. The van der Waals surface area contributed by atoms with Crippen molar-refractivity contribution in [2.75, 3.05) is 7.05 Å². The minimum Gasteiger partial charge on any atom is -0.351 e. The summed E-state index contributed by atoms with van der Waals surface area (Å²) in [5.74, 6) is 0. The van der Waals surface area contributed by atoms with E-state index in [1.807, 2.05) is 7.05 Å². The van der Waals surface area contributed by atoms with E-state index < -0.39 is 0 Å². The van der Waals surface area contributed by atoms with Crippen LogP contribution in [0, 0.1) is 0 Å². The van der Waals surface area contributed by atoms with Gasteiger partial charge in [-0.25, -0.2) is 0 Å². The van der Waals surface area contributed by atoms with Crippen molar-refractivity contribution in [1.29, 1.82) is 0 Å². The van der Waals surface area contributed by atoms with Crippen LogP contribution in [0.1, 0.15) is 13.3 Å². The summed E-state index contributed by atoms with van der Waals surface area (Å²) in [7, 11) is 1.95. The van der Waals surface area contributed by atoms with Crippen LogP contribution >= 0.6 is 0 Å². The highest BCUT2D eigenvalue weighted by molar-refractivity contribution is 5.71. The molecule has 1 aliphatic heterocycles. The molecular formula is C17H19NO. The lowest BCUT2D eigenvalue weighted by Crippen LogP contribution is -2.40. The van der Waals surface area contributed by atoms with Gasteiger partial charge in [-0.3, -0.25) is 5.32 Å². The topological polar surface area (TPSA) is 21.3 Å². The van der Waals surface area contributed by atoms with Crippen LogP contribution in [0.25, 0.3) is 11.6 Å². The minimum absolute atomic E-state index is 0.0392. The average Bonchev–Trinajstić information content (AvgIpc) is 2.41. The zero-order chi connectivity index (χ0) is 13.2. The van der Waals surface area contributed by atoms with Crippen molar-refractivity contribution in [3.05, 3.63) is 58.5 Å². The minimum atomic E-state index is 0.0392. The van der Waals surface area contributed by atoms with Crippen LogP contribution in [0.5, 0.6) is 0 Å². The van der Waals surface area contributed by atoms with E-state index in [4.69, 9.17) is 4.74 Å². The molecule has 98 valence electrons. The molecule has 1 aliphatic carbocycles. The third-order valence-corrected chi connectivity index (χ3v) is 3.78. The maximum Gasteiger partial charge on any atom is 0.112 e. The van der Waals surface area contributed by atoms with Crippen LogP contribution in [-0.2, 0) is 4.74 Å². The van der Waals surface area contributed by atoms with Gasteiger partial charge in [-0.05, 0) is 35.6 Å². The molecule has 0 aromatic heterocycles. The molecule has 1 aromatic carbocycles. The first kappa shape index (κ1) is 12.4. The summed E-state index contributed by atoms with van der Waals surface area (Å²) in [6.07, 6.45) is 9.61. The first-order valence-corrected chi connectivity index (χ1v) is 6.77. The van der Waals surface area contributed by atoms with E-state index in [9.17, 15) is 0 Å². The number of allylic oxidation sites excluding steroid dienone is 2. The summed E-state index contributed by atoms with van der Waals surface area (Å²) in [4.78, 5) is 0. The Bertz CT molecular complexity index is 654. The quantitative estimate of drug-likeness (QED) is 0.818. The fraction of sp³-hybridized carbons (Fsp3) is 0.294. The molecule has 2 nitrogen and oxygen atoms in total. The number of fused-ring (bicyclic) bond motifs is 2. The maximum atomic E-state index is 6.16. The molecule has 0 saturated carbocycles. The molecule has 0 saturated heterocycles. The number of ether oxygens (including phenoxy) is 1. The van der Waals surface area contributed by atoms with Crippen LogP contribution in [0.3, 0.4) is 0 Å². The number of hydrogen-bond acceptors (Lipinski definition) is 2. The second-order valence-corrected chi connectivity index (χ2v) is 5.01. The predicted octanol–water partition coefficient (Wildman–Crippen LogP) is 1.47. The number of nitrogens with one attached hydrogen (secondary N) is 1. The maximum absolute atomic E-state index is 6.16. The van der Waals surface area contributed by atoms with Crippen LogP contribution < -0.4 is 15.8 Å². The molecule has 0 fully saturated rings. The number of rotatable bonds is 1. The van der Waals surface area contributed by atoms with Gasteiger partial charge in [0.15, 0.2) is 0 Å². The number of benzene rings is 1. The lowest BCUT2D eigenvalue weighted by Gasteiger charge is -2.27. The van der Waals surface area contributed by atoms with Gasteiger partial charge in [-0.15, -0.1) is 0 Å². The molecule has 1 N–H and O–H groups in total. The van der Waals surface area contributed by atoms with E-state index in [0.29, 0.717) is 0 Å². The molecule has 2 heteroatoms. The Morgan fingerprint density at radius 2 is 2.11 bits per heavy atom. The van der Waals surface area contributed by atoms with Gasteiger partial charge in [-0.2, -0.15) is 0 Å². The summed E-state index contributed by atoms with van der Waals surface area (Å²) >= 11 is 0. The van der Waals surface area contributed by atoms with Crippen molar-refractivity contribution in [2.24, 2.45) is 0 Å². The fourth-order valence-electron chi connectivity index (χ4n) is 2.76. The van der Waals surface area contributed by atoms with Crippen molar-refractivity contribution in [3.8, 4) is 0 Å². The highest BCUT2D eigenvalue weighted by Crippen LogP contribution is 2.24. The zero-order valence-corrected chi connectivity index (χ0v) is 11.4. The summed E-state index contributed by atoms with van der Waals surface area (Å²) in [6, 6.07) is 8.57. The molecule has 1 heterocycles. The molecule has 0 amide bonds. The Kier molecular flexibility index (Phi) is 3.36. The third-order valence-electron chi connectivity index (χ3n) is 3.78. The summed E-state index contributed by atoms with van der Waals surface area (Å²) in [5.41, 5.74) is 2.57. The van der Waals surface area contributed by atoms with Crippen LogP contribution in [0.4, 0.5) is 0 Å². The highest BCUT2D eigenvalue weighted by atomic mass is 16.5. The monoisotopic (exact) mass is 253 g/mol. The smallest absolute Gasteiger partial charge is 0.112 e. The van der Waals surface area contributed by atoms with E-state index in [-0.39, 0.29) is 12.3 Å². The molecule has 1 aromatic rings. The normalized spacial score (nSPS) is 28.4. The van der Waals surface area contributed by atoms with Gasteiger partial charge >= 0.3 is 0 Å². The Morgan fingerprint density at radius 1 is 1.26 bits per heavy atom. The van der Waals surface area contributed by atoms with Gasteiger partial charge in [0, 0.05) is 6.42 Å². The largest absolute Gasteiger partial charge is 0.351 e. The van der Waals surface area contributed by atoms with Crippen molar-refractivity contribution in [3.63, 3.8) is 0 Å². The summed E-state index contributed by atoms with van der Waals surface area (Å²) in [6.45, 7) is 2.15. The van der Waals surface area contributed by atoms with Gasteiger partial charge in [0.05, 0.1) is 0 Å².